The average Bonchev–Trinajstić information content (AvgIpc) is 3.29. The van der Waals surface area contributed by atoms with Gasteiger partial charge < -0.3 is 14.3 Å². The Kier molecular flexibility index (Phi) is 5.92. The van der Waals surface area contributed by atoms with Crippen molar-refractivity contribution >= 4 is 11.8 Å². The van der Waals surface area contributed by atoms with Crippen LogP contribution in [0.15, 0.2) is 34.9 Å². The first-order valence-electron chi connectivity index (χ1n) is 10.6. The average molecular weight is 396 g/mol. The molecular weight excluding hydrogens is 368 g/mol. The molecule has 1 saturated heterocycles. The van der Waals surface area contributed by atoms with Crippen LogP contribution < -0.4 is 0 Å². The molecule has 0 radical (unpaired) electrons. The summed E-state index contributed by atoms with van der Waals surface area (Å²) in [4.78, 5) is 33.3. The summed E-state index contributed by atoms with van der Waals surface area (Å²) in [6, 6.07) is 9.90. The van der Waals surface area contributed by atoms with Crippen molar-refractivity contribution in [1.29, 1.82) is 0 Å². The molecule has 2 aliphatic rings. The monoisotopic (exact) mass is 396 g/mol. The summed E-state index contributed by atoms with van der Waals surface area (Å²) in [5, 5.41) is 4.12. The number of aryl methyl sites for hydroxylation is 1. The Morgan fingerprint density at radius 1 is 1.21 bits per heavy atom. The van der Waals surface area contributed by atoms with Gasteiger partial charge in [-0.1, -0.05) is 35.5 Å². The predicted molar refractivity (Wildman–Crippen MR) is 107 cm³/mol. The normalized spacial score (nSPS) is 18.8. The number of hydrogen-bond donors (Lipinski definition) is 0. The second-order valence-electron chi connectivity index (χ2n) is 7.90. The molecule has 2 heterocycles. The number of hydrogen-bond acceptors (Lipinski definition) is 5. The third-order valence-electron chi connectivity index (χ3n) is 5.75. The molecule has 2 fully saturated rings. The lowest BCUT2D eigenvalue weighted by Crippen LogP contribution is -2.32. The Hall–Kier alpha value is -2.70. The van der Waals surface area contributed by atoms with Crippen LogP contribution in [0, 0.1) is 5.92 Å². The highest BCUT2D eigenvalue weighted by Gasteiger charge is 2.40. The van der Waals surface area contributed by atoms with Gasteiger partial charge in [0.15, 0.2) is 5.82 Å². The van der Waals surface area contributed by atoms with Crippen molar-refractivity contribution in [2.45, 2.75) is 58.0 Å². The van der Waals surface area contributed by atoms with Gasteiger partial charge in [-0.25, -0.2) is 0 Å². The van der Waals surface area contributed by atoms with Gasteiger partial charge in [-0.05, 0) is 38.2 Å². The Labute approximate surface area is 171 Å². The number of carbonyl (C=O) groups is 2. The topological polar surface area (TPSA) is 79.5 Å². The minimum Gasteiger partial charge on any atom is -0.339 e. The van der Waals surface area contributed by atoms with E-state index in [2.05, 4.69) is 10.1 Å². The van der Waals surface area contributed by atoms with Crippen LogP contribution in [0.5, 0.6) is 0 Å². The molecule has 0 spiro atoms. The second kappa shape index (κ2) is 8.76. The van der Waals surface area contributed by atoms with Gasteiger partial charge in [-0.2, -0.15) is 4.98 Å². The van der Waals surface area contributed by atoms with Crippen molar-refractivity contribution in [2.24, 2.45) is 5.92 Å². The summed E-state index contributed by atoms with van der Waals surface area (Å²) >= 11 is 0. The SMILES string of the molecule is CCN(Cc1ccccc1)C(=O)CCc1nc(C2CCCN2C(=O)C2CC2)no1. The summed E-state index contributed by atoms with van der Waals surface area (Å²) in [7, 11) is 0. The summed E-state index contributed by atoms with van der Waals surface area (Å²) in [5.74, 6) is 1.55. The van der Waals surface area contributed by atoms with Crippen LogP contribution in [-0.4, -0.2) is 44.8 Å². The number of amides is 2. The van der Waals surface area contributed by atoms with Crippen LogP contribution >= 0.6 is 0 Å². The van der Waals surface area contributed by atoms with Crippen LogP contribution in [0.25, 0.3) is 0 Å². The van der Waals surface area contributed by atoms with Gasteiger partial charge in [0, 0.05) is 38.4 Å². The van der Waals surface area contributed by atoms with Gasteiger partial charge in [0.1, 0.15) is 0 Å². The molecule has 1 saturated carbocycles. The first-order chi connectivity index (χ1) is 14.2. The molecule has 1 aliphatic heterocycles. The van der Waals surface area contributed by atoms with Crippen molar-refractivity contribution in [3.8, 4) is 0 Å². The van der Waals surface area contributed by atoms with Crippen LogP contribution in [-0.2, 0) is 22.6 Å². The van der Waals surface area contributed by atoms with Gasteiger partial charge in [-0.3, -0.25) is 9.59 Å². The molecule has 154 valence electrons. The number of carbonyl (C=O) groups excluding carboxylic acids is 2. The summed E-state index contributed by atoms with van der Waals surface area (Å²) < 4.78 is 5.39. The highest BCUT2D eigenvalue weighted by molar-refractivity contribution is 5.81. The molecule has 4 rings (SSSR count). The second-order valence-corrected chi connectivity index (χ2v) is 7.90. The molecule has 7 heteroatoms. The number of benzene rings is 1. The van der Waals surface area contributed by atoms with Crippen LogP contribution in [0.4, 0.5) is 0 Å². The lowest BCUT2D eigenvalue weighted by atomic mass is 10.2. The van der Waals surface area contributed by atoms with Crippen LogP contribution in [0.1, 0.15) is 62.3 Å². The van der Waals surface area contributed by atoms with Gasteiger partial charge in [0.05, 0.1) is 6.04 Å². The summed E-state index contributed by atoms with van der Waals surface area (Å²) in [5.41, 5.74) is 1.12. The minimum absolute atomic E-state index is 0.0718. The molecule has 7 nitrogen and oxygen atoms in total. The van der Waals surface area contributed by atoms with E-state index in [-0.39, 0.29) is 23.8 Å². The van der Waals surface area contributed by atoms with E-state index in [9.17, 15) is 9.59 Å². The fourth-order valence-electron chi connectivity index (χ4n) is 3.92. The molecule has 29 heavy (non-hydrogen) atoms. The fraction of sp³-hybridized carbons (Fsp3) is 0.545. The maximum atomic E-state index is 12.6. The zero-order valence-electron chi connectivity index (χ0n) is 16.9. The Bertz CT molecular complexity index is 847. The molecule has 1 aromatic heterocycles. The predicted octanol–water partition coefficient (Wildman–Crippen LogP) is 3.12. The third kappa shape index (κ3) is 4.66. The Morgan fingerprint density at radius 2 is 2.00 bits per heavy atom. The quantitative estimate of drug-likeness (QED) is 0.685. The van der Waals surface area contributed by atoms with E-state index in [0.29, 0.717) is 37.6 Å². The zero-order chi connectivity index (χ0) is 20.2. The molecular formula is C22H28N4O3. The summed E-state index contributed by atoms with van der Waals surface area (Å²) in [6.07, 6.45) is 4.59. The molecule has 0 bridgehead atoms. The molecule has 2 aromatic rings. The van der Waals surface area contributed by atoms with E-state index in [1.165, 1.54) is 0 Å². The van der Waals surface area contributed by atoms with E-state index in [0.717, 1.165) is 37.8 Å². The van der Waals surface area contributed by atoms with Gasteiger partial charge >= 0.3 is 0 Å². The van der Waals surface area contributed by atoms with E-state index in [1.807, 2.05) is 47.1 Å². The molecule has 1 aliphatic carbocycles. The van der Waals surface area contributed by atoms with Gasteiger partial charge in [-0.15, -0.1) is 0 Å². The van der Waals surface area contributed by atoms with E-state index in [4.69, 9.17) is 4.52 Å². The maximum absolute atomic E-state index is 12.6. The van der Waals surface area contributed by atoms with Crippen LogP contribution in [0.3, 0.4) is 0 Å². The molecule has 1 atom stereocenters. The van der Waals surface area contributed by atoms with Crippen molar-refractivity contribution in [1.82, 2.24) is 19.9 Å². The van der Waals surface area contributed by atoms with Crippen LogP contribution in [0.2, 0.25) is 0 Å². The van der Waals surface area contributed by atoms with E-state index < -0.39 is 0 Å². The number of likely N-dealkylation sites (tertiary alicyclic amines) is 1. The highest BCUT2D eigenvalue weighted by atomic mass is 16.5. The smallest absolute Gasteiger partial charge is 0.227 e. The lowest BCUT2D eigenvalue weighted by Gasteiger charge is -2.22. The van der Waals surface area contributed by atoms with Gasteiger partial charge in [0.2, 0.25) is 17.7 Å². The van der Waals surface area contributed by atoms with Crippen molar-refractivity contribution in [3.05, 3.63) is 47.6 Å². The molecule has 0 N–H and O–H groups in total. The number of aromatic nitrogens is 2. The van der Waals surface area contributed by atoms with Gasteiger partial charge in [0.25, 0.3) is 0 Å². The number of nitrogens with zero attached hydrogens (tertiary/aromatic N) is 4. The van der Waals surface area contributed by atoms with Crippen molar-refractivity contribution in [2.75, 3.05) is 13.1 Å². The van der Waals surface area contributed by atoms with Crippen molar-refractivity contribution < 1.29 is 14.1 Å². The highest BCUT2D eigenvalue weighted by Crippen LogP contribution is 2.37. The fourth-order valence-corrected chi connectivity index (χ4v) is 3.92. The standard InChI is InChI=1S/C22H28N4O3/c1-2-25(15-16-7-4-3-5-8-16)20(27)13-12-19-23-21(24-29-19)18-9-6-14-26(18)22(28)17-10-11-17/h3-5,7-8,17-18H,2,6,9-15H2,1H3. The van der Waals surface area contributed by atoms with E-state index >= 15 is 0 Å². The lowest BCUT2D eigenvalue weighted by molar-refractivity contribution is -0.133. The minimum atomic E-state index is -0.0819. The number of rotatable bonds is 8. The molecule has 1 aromatic carbocycles. The molecule has 2 amide bonds. The first kappa shape index (κ1) is 19.6. The Morgan fingerprint density at radius 3 is 2.72 bits per heavy atom. The maximum Gasteiger partial charge on any atom is 0.227 e. The molecule has 1 unspecified atom stereocenters. The Balaban J connectivity index is 1.32. The van der Waals surface area contributed by atoms with Crippen molar-refractivity contribution in [3.63, 3.8) is 0 Å². The largest absolute Gasteiger partial charge is 0.339 e. The third-order valence-corrected chi connectivity index (χ3v) is 5.75. The summed E-state index contributed by atoms with van der Waals surface area (Å²) in [6.45, 7) is 4.01. The first-order valence-corrected chi connectivity index (χ1v) is 10.6. The van der Waals surface area contributed by atoms with E-state index in [1.54, 1.807) is 0 Å². The zero-order valence-corrected chi connectivity index (χ0v) is 16.9.